The van der Waals surface area contributed by atoms with Crippen molar-refractivity contribution in [3.05, 3.63) is 88.4 Å². The molecule has 0 saturated carbocycles. The average molecular weight is 665 g/mol. The van der Waals surface area contributed by atoms with E-state index >= 15 is 0 Å². The lowest BCUT2D eigenvalue weighted by Gasteiger charge is -2.16. The van der Waals surface area contributed by atoms with E-state index in [0.717, 1.165) is 11.6 Å². The van der Waals surface area contributed by atoms with E-state index in [1.54, 1.807) is 50.0 Å². The minimum atomic E-state index is -4.58. The zero-order chi connectivity index (χ0) is 34.9. The number of halogens is 3. The van der Waals surface area contributed by atoms with Crippen molar-refractivity contribution in [1.29, 1.82) is 0 Å². The molecule has 0 fully saturated rings. The summed E-state index contributed by atoms with van der Waals surface area (Å²) in [5.41, 5.74) is 1.16. The molecule has 2 aromatic carbocycles. The van der Waals surface area contributed by atoms with Gasteiger partial charge < -0.3 is 31.1 Å². The Morgan fingerprint density at radius 1 is 1.06 bits per heavy atom. The van der Waals surface area contributed by atoms with Gasteiger partial charge in [0.25, 0.3) is 11.8 Å². The second-order valence-electron chi connectivity index (χ2n) is 11.7. The number of methoxy groups -OCH3 is 1. The summed E-state index contributed by atoms with van der Waals surface area (Å²) in [7, 11) is 3.26. The largest absolute Gasteiger partial charge is 0.478 e. The number of aryl methyl sites for hydroxylation is 2. The highest BCUT2D eigenvalue weighted by atomic mass is 19.4. The topological polar surface area (TPSA) is 138 Å². The Morgan fingerprint density at radius 3 is 2.48 bits per heavy atom. The van der Waals surface area contributed by atoms with Crippen LogP contribution in [0.15, 0.2) is 55.0 Å². The second kappa shape index (κ2) is 15.7. The molecule has 2 aromatic heterocycles. The molecule has 254 valence electrons. The first kappa shape index (κ1) is 35.9. The van der Waals surface area contributed by atoms with E-state index < -0.39 is 23.2 Å². The number of carbonyl (C=O) groups is 1. The summed E-state index contributed by atoms with van der Waals surface area (Å²) < 4.78 is 48.4. The summed E-state index contributed by atoms with van der Waals surface area (Å²) in [5, 5.41) is 25.9. The highest BCUT2D eigenvalue weighted by Gasteiger charge is 2.33. The molecule has 2 heterocycles. The Kier molecular flexibility index (Phi) is 11.8. The molecule has 0 atom stereocenters. The molecular weight excluding hydrogens is 625 g/mol. The fraction of sp³-hybridized carbons (Fsp3) is 0.353. The molecule has 0 radical (unpaired) electrons. The summed E-state index contributed by atoms with van der Waals surface area (Å²) in [4.78, 5) is 21.7. The fourth-order valence-corrected chi connectivity index (χ4v) is 4.47. The summed E-state index contributed by atoms with van der Waals surface area (Å²) in [6.07, 6.45) is 0.735. The highest BCUT2D eigenvalue weighted by molar-refractivity contribution is 6.04. The summed E-state index contributed by atoms with van der Waals surface area (Å²) in [6.45, 7) is 6.95. The zero-order valence-corrected chi connectivity index (χ0v) is 27.4. The van der Waals surface area contributed by atoms with E-state index in [2.05, 4.69) is 48.2 Å². The molecule has 0 unspecified atom stereocenters. The number of amides is 1. The van der Waals surface area contributed by atoms with E-state index in [4.69, 9.17) is 4.74 Å². The van der Waals surface area contributed by atoms with E-state index in [1.165, 1.54) is 31.6 Å². The number of nitrogens with zero attached hydrogens (tertiary/aromatic N) is 4. The number of aliphatic hydroxyl groups is 1. The lowest BCUT2D eigenvalue weighted by Crippen LogP contribution is -2.25. The minimum Gasteiger partial charge on any atom is -0.478 e. The van der Waals surface area contributed by atoms with E-state index in [9.17, 15) is 23.1 Å². The number of benzene rings is 2. The van der Waals surface area contributed by atoms with Crippen LogP contribution in [-0.4, -0.2) is 63.6 Å². The fourth-order valence-electron chi connectivity index (χ4n) is 4.47. The molecule has 0 aliphatic rings. The third kappa shape index (κ3) is 10.3. The number of anilines is 3. The number of aromatic nitrogens is 4. The van der Waals surface area contributed by atoms with Gasteiger partial charge in [-0.2, -0.15) is 13.2 Å². The SMILES string of the molecule is CNCCNCc1ccc(NC(=O)c2ccc(C)c(C#Cc3cnc(Nc4cn(CCC(C)(C)O)nc4OC)nc3)c2)cc1C(F)(F)F. The molecule has 1 amide bonds. The maximum Gasteiger partial charge on any atom is 0.416 e. The first-order valence-corrected chi connectivity index (χ1v) is 15.2. The Balaban J connectivity index is 1.44. The molecule has 0 saturated heterocycles. The van der Waals surface area contributed by atoms with Crippen molar-refractivity contribution in [3.8, 4) is 17.7 Å². The molecule has 14 heteroatoms. The minimum absolute atomic E-state index is 0.0319. The van der Waals surface area contributed by atoms with Gasteiger partial charge in [0.05, 0.1) is 30.0 Å². The normalized spacial score (nSPS) is 11.5. The number of carbonyl (C=O) groups excluding carboxylic acids is 1. The van der Waals surface area contributed by atoms with E-state index in [-0.39, 0.29) is 23.4 Å². The van der Waals surface area contributed by atoms with Gasteiger partial charge in [-0.25, -0.2) is 9.97 Å². The van der Waals surface area contributed by atoms with Crippen molar-refractivity contribution >= 4 is 23.2 Å². The molecule has 0 bridgehead atoms. The van der Waals surface area contributed by atoms with Gasteiger partial charge in [-0.1, -0.05) is 24.0 Å². The van der Waals surface area contributed by atoms with Crippen LogP contribution in [-0.2, 0) is 19.3 Å². The lowest BCUT2D eigenvalue weighted by molar-refractivity contribution is -0.138. The molecular formula is C34H39F3N8O3. The van der Waals surface area contributed by atoms with E-state index in [1.807, 2.05) is 6.92 Å². The predicted octanol–water partition coefficient (Wildman–Crippen LogP) is 4.87. The van der Waals surface area contributed by atoms with Gasteiger partial charge in [0.1, 0.15) is 5.69 Å². The van der Waals surface area contributed by atoms with Crippen molar-refractivity contribution < 1.29 is 27.8 Å². The molecule has 4 rings (SSSR count). The van der Waals surface area contributed by atoms with Crippen LogP contribution in [0, 0.1) is 18.8 Å². The molecule has 48 heavy (non-hydrogen) atoms. The lowest BCUT2D eigenvalue weighted by atomic mass is 10.0. The molecule has 5 N–H and O–H groups in total. The average Bonchev–Trinajstić information content (AvgIpc) is 3.43. The van der Waals surface area contributed by atoms with Gasteiger partial charge in [0, 0.05) is 55.4 Å². The number of nitrogens with one attached hydrogen (secondary N) is 4. The third-order valence-corrected chi connectivity index (χ3v) is 7.15. The van der Waals surface area contributed by atoms with Gasteiger partial charge >= 0.3 is 6.18 Å². The van der Waals surface area contributed by atoms with Crippen LogP contribution in [0.1, 0.15) is 58.4 Å². The molecule has 4 aromatic rings. The maximum atomic E-state index is 13.8. The monoisotopic (exact) mass is 664 g/mol. The molecule has 0 aliphatic heterocycles. The van der Waals surface area contributed by atoms with Crippen molar-refractivity contribution in [2.45, 2.75) is 52.1 Å². The number of alkyl halides is 3. The van der Waals surface area contributed by atoms with Gasteiger partial charge in [0.2, 0.25) is 5.95 Å². The number of likely N-dealkylation sites (N-methyl/N-ethyl adjacent to an activating group) is 1. The van der Waals surface area contributed by atoms with Gasteiger partial charge in [-0.15, -0.1) is 5.10 Å². The smallest absolute Gasteiger partial charge is 0.416 e. The van der Waals surface area contributed by atoms with E-state index in [0.29, 0.717) is 54.7 Å². The van der Waals surface area contributed by atoms with Crippen LogP contribution < -0.4 is 26.0 Å². The standard InChI is InChI=1S/C34H39F3N8O3/c1-22-6-8-25(30(46)42-27-11-10-26(20-39-14-13-38-4)28(17-27)34(35,36)37)16-24(22)9-7-23-18-40-32(41-19-23)43-29-21-45(44-31(29)48-5)15-12-33(2,3)47/h6,8,10-11,16-19,21,38-39,47H,12-15,20H2,1-5H3,(H,42,46)(H,40,41,43). The van der Waals surface area contributed by atoms with Gasteiger partial charge in [0.15, 0.2) is 0 Å². The quantitative estimate of drug-likeness (QED) is 0.100. The van der Waals surface area contributed by atoms with Crippen LogP contribution in [0.5, 0.6) is 5.88 Å². The summed E-state index contributed by atoms with van der Waals surface area (Å²) in [5.74, 6) is 6.09. The number of ether oxygens (including phenoxy) is 1. The number of hydrogen-bond acceptors (Lipinski definition) is 9. The summed E-state index contributed by atoms with van der Waals surface area (Å²) >= 11 is 0. The van der Waals surface area contributed by atoms with Crippen LogP contribution in [0.3, 0.4) is 0 Å². The Bertz CT molecular complexity index is 1770. The summed E-state index contributed by atoms with van der Waals surface area (Å²) in [6, 6.07) is 8.66. The Hall–Kier alpha value is -4.97. The van der Waals surface area contributed by atoms with Crippen LogP contribution in [0.25, 0.3) is 0 Å². The predicted molar refractivity (Wildman–Crippen MR) is 177 cm³/mol. The molecule has 0 spiro atoms. The first-order valence-electron chi connectivity index (χ1n) is 15.2. The van der Waals surface area contributed by atoms with Crippen molar-refractivity contribution in [2.75, 3.05) is 37.9 Å². The van der Waals surface area contributed by atoms with Crippen molar-refractivity contribution in [3.63, 3.8) is 0 Å². The molecule has 11 nitrogen and oxygen atoms in total. The van der Waals surface area contributed by atoms with Crippen molar-refractivity contribution in [2.24, 2.45) is 0 Å². The van der Waals surface area contributed by atoms with Crippen LogP contribution in [0.2, 0.25) is 0 Å². The zero-order valence-electron chi connectivity index (χ0n) is 27.4. The third-order valence-electron chi connectivity index (χ3n) is 7.15. The Morgan fingerprint density at radius 2 is 1.81 bits per heavy atom. The molecule has 0 aliphatic carbocycles. The highest BCUT2D eigenvalue weighted by Crippen LogP contribution is 2.34. The second-order valence-corrected chi connectivity index (χ2v) is 11.7. The Labute approximate surface area is 277 Å². The number of rotatable bonds is 13. The maximum absolute atomic E-state index is 13.8. The van der Waals surface area contributed by atoms with Gasteiger partial charge in [-0.3, -0.25) is 9.48 Å². The number of hydrogen-bond donors (Lipinski definition) is 5. The van der Waals surface area contributed by atoms with Crippen LogP contribution >= 0.6 is 0 Å². The first-order chi connectivity index (χ1) is 22.8. The van der Waals surface area contributed by atoms with Crippen LogP contribution in [0.4, 0.5) is 30.5 Å². The van der Waals surface area contributed by atoms with Crippen molar-refractivity contribution in [1.82, 2.24) is 30.4 Å². The van der Waals surface area contributed by atoms with Gasteiger partial charge in [-0.05, 0) is 69.6 Å².